The smallest absolute Gasteiger partial charge is 0.405 e. The maximum absolute atomic E-state index is 12.5. The Morgan fingerprint density at radius 1 is 1.15 bits per heavy atom. The van der Waals surface area contributed by atoms with Crippen LogP contribution >= 0.6 is 24.0 Å². The van der Waals surface area contributed by atoms with Crippen LogP contribution in [0.25, 0.3) is 0 Å². The predicted octanol–water partition coefficient (Wildman–Crippen LogP) is 3.90. The summed E-state index contributed by atoms with van der Waals surface area (Å²) in [6.45, 7) is 3.24. The molecule has 5 nitrogen and oxygen atoms in total. The Hall–Kier alpha value is -2.04. The van der Waals surface area contributed by atoms with E-state index >= 15 is 0 Å². The fourth-order valence-electron chi connectivity index (χ4n) is 2.24. The number of guanidine groups is 1. The number of pyridine rings is 1. The van der Waals surface area contributed by atoms with Crippen molar-refractivity contribution in [3.63, 3.8) is 0 Å². The van der Waals surface area contributed by atoms with Crippen LogP contribution in [0.15, 0.2) is 53.8 Å². The van der Waals surface area contributed by atoms with Gasteiger partial charge in [0.15, 0.2) is 5.96 Å². The fraction of sp³-hybridized carbons (Fsp3) is 0.333. The van der Waals surface area contributed by atoms with Crippen LogP contribution in [0.2, 0.25) is 0 Å². The molecule has 0 spiro atoms. The first-order chi connectivity index (χ1) is 12.5. The molecule has 0 unspecified atom stereocenters. The van der Waals surface area contributed by atoms with Gasteiger partial charge in [-0.1, -0.05) is 24.3 Å². The Balaban J connectivity index is 0.00000364. The standard InChI is InChI=1S/C18H21F3N4O.HI/c1-2-23-17(24-11-9-14-6-5-10-22-12-14)25-13-15-7-3-4-8-16(15)26-18(19,20)21;/h3-8,10,12H,2,9,11,13H2,1H3,(H2,23,24,25);1H. The average molecular weight is 494 g/mol. The third kappa shape index (κ3) is 8.94. The van der Waals surface area contributed by atoms with E-state index in [4.69, 9.17) is 0 Å². The molecule has 0 saturated heterocycles. The highest BCUT2D eigenvalue weighted by atomic mass is 127. The number of nitrogens with one attached hydrogen (secondary N) is 2. The Bertz CT molecular complexity index is 711. The lowest BCUT2D eigenvalue weighted by Crippen LogP contribution is -2.38. The summed E-state index contributed by atoms with van der Waals surface area (Å²) < 4.78 is 41.5. The molecule has 0 aliphatic rings. The van der Waals surface area contributed by atoms with Gasteiger partial charge in [-0.25, -0.2) is 4.99 Å². The van der Waals surface area contributed by atoms with Crippen molar-refractivity contribution >= 4 is 29.9 Å². The molecule has 0 aliphatic heterocycles. The van der Waals surface area contributed by atoms with Gasteiger partial charge in [0.25, 0.3) is 0 Å². The van der Waals surface area contributed by atoms with E-state index in [1.165, 1.54) is 12.1 Å². The van der Waals surface area contributed by atoms with Crippen LogP contribution in [0.4, 0.5) is 13.2 Å². The van der Waals surface area contributed by atoms with Gasteiger partial charge < -0.3 is 15.4 Å². The largest absolute Gasteiger partial charge is 0.573 e. The number of aromatic nitrogens is 1. The summed E-state index contributed by atoms with van der Waals surface area (Å²) in [6.07, 6.45) is -0.475. The van der Waals surface area contributed by atoms with Crippen LogP contribution in [0.1, 0.15) is 18.1 Å². The summed E-state index contributed by atoms with van der Waals surface area (Å²) in [5.41, 5.74) is 1.44. The lowest BCUT2D eigenvalue weighted by Gasteiger charge is -2.14. The minimum Gasteiger partial charge on any atom is -0.405 e. The van der Waals surface area contributed by atoms with Crippen molar-refractivity contribution in [1.82, 2.24) is 15.6 Å². The van der Waals surface area contributed by atoms with E-state index in [-0.39, 0.29) is 36.3 Å². The van der Waals surface area contributed by atoms with Gasteiger partial charge in [-0.15, -0.1) is 37.1 Å². The molecular weight excluding hydrogens is 472 g/mol. The molecule has 1 heterocycles. The van der Waals surface area contributed by atoms with Gasteiger partial charge in [-0.05, 0) is 31.0 Å². The Morgan fingerprint density at radius 2 is 1.93 bits per heavy atom. The maximum Gasteiger partial charge on any atom is 0.573 e. The van der Waals surface area contributed by atoms with Gasteiger partial charge >= 0.3 is 6.36 Å². The first-order valence-electron chi connectivity index (χ1n) is 8.22. The van der Waals surface area contributed by atoms with Crippen LogP contribution < -0.4 is 15.4 Å². The van der Waals surface area contributed by atoms with E-state index in [2.05, 4.69) is 25.3 Å². The van der Waals surface area contributed by atoms with Gasteiger partial charge in [0.05, 0.1) is 6.54 Å². The molecular formula is C18H22F3IN4O. The normalized spacial score (nSPS) is 11.5. The highest BCUT2D eigenvalue weighted by molar-refractivity contribution is 14.0. The van der Waals surface area contributed by atoms with E-state index < -0.39 is 6.36 Å². The number of ether oxygens (including phenoxy) is 1. The summed E-state index contributed by atoms with van der Waals surface area (Å²) in [5.74, 6) is 0.285. The van der Waals surface area contributed by atoms with Crippen molar-refractivity contribution < 1.29 is 17.9 Å². The first-order valence-corrected chi connectivity index (χ1v) is 8.22. The summed E-state index contributed by atoms with van der Waals surface area (Å²) >= 11 is 0. The lowest BCUT2D eigenvalue weighted by atomic mass is 10.2. The lowest BCUT2D eigenvalue weighted by molar-refractivity contribution is -0.274. The zero-order valence-corrected chi connectivity index (χ0v) is 17.1. The van der Waals surface area contributed by atoms with Crippen LogP contribution in [-0.2, 0) is 13.0 Å². The number of hydrogen-bond donors (Lipinski definition) is 2. The van der Waals surface area contributed by atoms with Crippen molar-refractivity contribution in [3.8, 4) is 5.75 Å². The second kappa shape index (κ2) is 11.6. The number of benzene rings is 1. The van der Waals surface area contributed by atoms with Gasteiger partial charge in [-0.3, -0.25) is 4.98 Å². The van der Waals surface area contributed by atoms with E-state index in [0.29, 0.717) is 24.6 Å². The predicted molar refractivity (Wildman–Crippen MR) is 109 cm³/mol. The summed E-state index contributed by atoms with van der Waals surface area (Å²) in [6, 6.07) is 9.82. The van der Waals surface area contributed by atoms with Crippen LogP contribution in [0.5, 0.6) is 5.75 Å². The Labute approximate surface area is 173 Å². The third-order valence-electron chi connectivity index (χ3n) is 3.38. The number of nitrogens with zero attached hydrogens (tertiary/aromatic N) is 2. The summed E-state index contributed by atoms with van der Waals surface area (Å²) in [4.78, 5) is 8.39. The van der Waals surface area contributed by atoms with Crippen molar-refractivity contribution in [2.75, 3.05) is 13.1 Å². The molecule has 0 bridgehead atoms. The third-order valence-corrected chi connectivity index (χ3v) is 3.38. The number of hydrogen-bond acceptors (Lipinski definition) is 3. The first kappa shape index (κ1) is 23.0. The van der Waals surface area contributed by atoms with Gasteiger partial charge in [0.1, 0.15) is 5.75 Å². The number of aliphatic imine (C=N–C) groups is 1. The molecule has 0 atom stereocenters. The molecule has 9 heteroatoms. The monoisotopic (exact) mass is 494 g/mol. The SMILES string of the molecule is CCNC(=NCc1ccccc1OC(F)(F)F)NCCc1cccnc1.I. The topological polar surface area (TPSA) is 58.5 Å². The van der Waals surface area contributed by atoms with Crippen molar-refractivity contribution in [2.24, 2.45) is 4.99 Å². The molecule has 148 valence electrons. The molecule has 1 aromatic carbocycles. The molecule has 1 aromatic heterocycles. The van der Waals surface area contributed by atoms with Crippen LogP contribution in [0.3, 0.4) is 0 Å². The molecule has 0 radical (unpaired) electrons. The zero-order valence-electron chi connectivity index (χ0n) is 14.8. The summed E-state index contributed by atoms with van der Waals surface area (Å²) in [5, 5.41) is 6.22. The molecule has 0 aliphatic carbocycles. The van der Waals surface area contributed by atoms with E-state index in [1.807, 2.05) is 19.1 Å². The average Bonchev–Trinajstić information content (AvgIpc) is 2.60. The van der Waals surface area contributed by atoms with Gasteiger partial charge in [-0.2, -0.15) is 0 Å². The molecule has 0 saturated carbocycles. The van der Waals surface area contributed by atoms with E-state index in [0.717, 1.165) is 12.0 Å². The molecule has 2 N–H and O–H groups in total. The number of rotatable bonds is 7. The highest BCUT2D eigenvalue weighted by Crippen LogP contribution is 2.26. The Kier molecular flexibility index (Phi) is 9.90. The van der Waals surface area contributed by atoms with Crippen molar-refractivity contribution in [2.45, 2.75) is 26.3 Å². The number of alkyl halides is 3. The van der Waals surface area contributed by atoms with Crippen LogP contribution in [0, 0.1) is 0 Å². The molecule has 0 fully saturated rings. The number of para-hydroxylation sites is 1. The second-order valence-electron chi connectivity index (χ2n) is 5.39. The van der Waals surface area contributed by atoms with E-state index in [1.54, 1.807) is 24.5 Å². The maximum atomic E-state index is 12.5. The molecule has 0 amide bonds. The minimum atomic E-state index is -4.73. The highest BCUT2D eigenvalue weighted by Gasteiger charge is 2.31. The van der Waals surface area contributed by atoms with Crippen LogP contribution in [-0.4, -0.2) is 30.4 Å². The van der Waals surface area contributed by atoms with Crippen molar-refractivity contribution in [3.05, 3.63) is 59.9 Å². The molecule has 2 rings (SSSR count). The number of halogens is 4. The molecule has 2 aromatic rings. The van der Waals surface area contributed by atoms with E-state index in [9.17, 15) is 13.2 Å². The van der Waals surface area contributed by atoms with Gasteiger partial charge in [0, 0.05) is 31.0 Å². The molecule has 27 heavy (non-hydrogen) atoms. The van der Waals surface area contributed by atoms with Gasteiger partial charge in [0.2, 0.25) is 0 Å². The second-order valence-corrected chi connectivity index (χ2v) is 5.39. The summed E-state index contributed by atoms with van der Waals surface area (Å²) in [7, 11) is 0. The zero-order chi connectivity index (χ0) is 18.8. The fourth-order valence-corrected chi connectivity index (χ4v) is 2.24. The minimum absolute atomic E-state index is 0. The van der Waals surface area contributed by atoms with Crippen molar-refractivity contribution in [1.29, 1.82) is 0 Å². The Morgan fingerprint density at radius 3 is 2.59 bits per heavy atom. The quantitative estimate of drug-likeness (QED) is 0.349.